The van der Waals surface area contributed by atoms with E-state index in [1.807, 2.05) is 76.2 Å². The smallest absolute Gasteiger partial charge is 0.344 e. The zero-order valence-electron chi connectivity index (χ0n) is 84.5. The number of hydrogen-bond donors (Lipinski definition) is 0. The Bertz CT molecular complexity index is 4780. The summed E-state index contributed by atoms with van der Waals surface area (Å²) < 4.78 is 104. The first-order valence-electron chi connectivity index (χ1n) is 52.0. The maximum atomic E-state index is 13.2. The molecule has 141 heavy (non-hydrogen) atoms. The molecule has 0 N–H and O–H groups in total. The first-order chi connectivity index (χ1) is 66.9. The molecule has 40 atom stereocenters. The fourth-order valence-corrected chi connectivity index (χ4v) is 26.3. The maximum Gasteiger partial charge on any atom is 0.344 e. The quantitative estimate of drug-likeness (QED) is 0.0496. The Balaban J connectivity index is 0.000000129. The van der Waals surface area contributed by atoms with Crippen molar-refractivity contribution in [3.63, 3.8) is 0 Å². The summed E-state index contributed by atoms with van der Waals surface area (Å²) in [7, 11) is 1.31. The second kappa shape index (κ2) is 42.2. The van der Waals surface area contributed by atoms with Gasteiger partial charge in [-0.2, -0.15) is 0 Å². The number of ether oxygens (including phenoxy) is 19. The highest BCUT2D eigenvalue weighted by Gasteiger charge is 2.76. The van der Waals surface area contributed by atoms with Crippen LogP contribution in [-0.4, -0.2) is 231 Å². The zero-order valence-corrected chi connectivity index (χ0v) is 84.5. The lowest BCUT2D eigenvalue weighted by Crippen LogP contribution is -2.46. The van der Waals surface area contributed by atoms with Crippen LogP contribution in [0.5, 0.6) is 0 Å². The Labute approximate surface area is 821 Å². The van der Waals surface area contributed by atoms with Gasteiger partial charge >= 0.3 is 107 Å². The van der Waals surface area contributed by atoms with E-state index in [2.05, 4.69) is 0 Å². The molecule has 37 nitrogen and oxygen atoms in total. The molecule has 8 aliphatic heterocycles. The molecule has 20 aliphatic rings. The number of methoxy groups -OCH3 is 1. The Kier molecular flexibility index (Phi) is 31.7. The summed E-state index contributed by atoms with van der Waals surface area (Å²) in [4.78, 5) is 220. The van der Waals surface area contributed by atoms with Crippen LogP contribution >= 0.6 is 0 Å². The molecule has 12 aliphatic carbocycles. The van der Waals surface area contributed by atoms with Gasteiger partial charge in [-0.25, -0.2) is 4.79 Å². The van der Waals surface area contributed by atoms with Crippen molar-refractivity contribution in [2.45, 2.75) is 362 Å². The number of esters is 18. The highest BCUT2D eigenvalue weighted by atomic mass is 16.7. The summed E-state index contributed by atoms with van der Waals surface area (Å²) in [6.07, 6.45) is 10.4. The van der Waals surface area contributed by atoms with Crippen molar-refractivity contribution >= 4 is 107 Å². The molecule has 8 saturated heterocycles. The molecule has 20 rings (SSSR count). The molecule has 782 valence electrons. The van der Waals surface area contributed by atoms with E-state index < -0.39 is 155 Å². The third-order valence-electron chi connectivity index (χ3n) is 35.2. The lowest BCUT2D eigenvalue weighted by Gasteiger charge is -2.34. The van der Waals surface area contributed by atoms with E-state index in [9.17, 15) is 86.3 Å². The minimum absolute atomic E-state index is 0.0200. The number of hydrogen-bond acceptors (Lipinski definition) is 37. The van der Waals surface area contributed by atoms with Crippen molar-refractivity contribution in [3.8, 4) is 0 Å². The highest BCUT2D eigenvalue weighted by molar-refractivity contribution is 5.91. The van der Waals surface area contributed by atoms with Crippen LogP contribution < -0.4 is 0 Å². The summed E-state index contributed by atoms with van der Waals surface area (Å²) in [6, 6.07) is 0. The largest absolute Gasteiger partial charge is 0.469 e. The van der Waals surface area contributed by atoms with E-state index in [-0.39, 0.29) is 228 Å². The van der Waals surface area contributed by atoms with Crippen molar-refractivity contribution in [3.05, 3.63) is 0 Å². The van der Waals surface area contributed by atoms with Crippen LogP contribution in [0.4, 0.5) is 0 Å². The predicted molar refractivity (Wildman–Crippen MR) is 481 cm³/mol. The monoisotopic (exact) mass is 1980 g/mol. The van der Waals surface area contributed by atoms with E-state index in [0.717, 1.165) is 64.2 Å². The normalized spacial score (nSPS) is 38.9. The van der Waals surface area contributed by atoms with Crippen molar-refractivity contribution in [1.29, 1.82) is 0 Å². The second-order valence-electron chi connectivity index (χ2n) is 44.6. The number of rotatable bonds is 29. The molecule has 12 bridgehead atoms. The van der Waals surface area contributed by atoms with Gasteiger partial charge in [0.05, 0.1) is 120 Å². The lowest BCUT2D eigenvalue weighted by atomic mass is 9.78. The summed E-state index contributed by atoms with van der Waals surface area (Å²) in [6.45, 7) is 33.0. The summed E-state index contributed by atoms with van der Waals surface area (Å²) in [5.74, 6) is -13.8. The van der Waals surface area contributed by atoms with Crippen LogP contribution in [-0.2, 0) is 176 Å². The van der Waals surface area contributed by atoms with E-state index in [0.29, 0.717) is 70.6 Å². The Hall–Kier alpha value is -9.58. The maximum absolute atomic E-state index is 13.2. The third-order valence-corrected chi connectivity index (χ3v) is 35.2. The minimum Gasteiger partial charge on any atom is -0.469 e. The zero-order chi connectivity index (χ0) is 102. The van der Waals surface area contributed by atoms with E-state index in [4.69, 9.17) is 90.0 Å². The summed E-state index contributed by atoms with van der Waals surface area (Å²) >= 11 is 0. The molecule has 40 unspecified atom stereocenters. The Morgan fingerprint density at radius 1 is 0.362 bits per heavy atom. The van der Waals surface area contributed by atoms with Gasteiger partial charge in [0.25, 0.3) is 0 Å². The minimum atomic E-state index is -0.716. The molecule has 8 heterocycles. The van der Waals surface area contributed by atoms with Gasteiger partial charge in [-0.3, -0.25) is 81.5 Å². The van der Waals surface area contributed by atoms with E-state index in [1.165, 1.54) is 7.11 Å². The molecule has 0 spiro atoms. The number of carbonyl (C=O) groups is 18. The molecule has 0 radical (unpaired) electrons. The number of carbonyl (C=O) groups excluding carboxylic acids is 18. The average Bonchev–Trinajstić information content (AvgIpc) is 1.56. The van der Waals surface area contributed by atoms with Crippen LogP contribution in [0.3, 0.4) is 0 Å². The molecule has 0 aromatic rings. The number of fused-ring (bicyclic) bond motifs is 6. The highest BCUT2D eigenvalue weighted by Crippen LogP contribution is 2.65. The van der Waals surface area contributed by atoms with Gasteiger partial charge in [-0.05, 0) is 176 Å². The van der Waals surface area contributed by atoms with Crippen LogP contribution in [0.25, 0.3) is 0 Å². The van der Waals surface area contributed by atoms with Crippen LogP contribution in [0, 0.1) is 159 Å². The van der Waals surface area contributed by atoms with E-state index in [1.54, 1.807) is 48.5 Å². The molecule has 0 aromatic carbocycles. The molecule has 12 saturated carbocycles. The van der Waals surface area contributed by atoms with Gasteiger partial charge in [0.15, 0.2) is 18.8 Å². The van der Waals surface area contributed by atoms with Crippen molar-refractivity contribution < 1.29 is 176 Å². The predicted octanol–water partition coefficient (Wildman–Crippen LogP) is 10.2. The van der Waals surface area contributed by atoms with Crippen molar-refractivity contribution in [1.82, 2.24) is 0 Å². The van der Waals surface area contributed by atoms with Gasteiger partial charge in [-0.1, -0.05) is 83.1 Å². The average molecular weight is 1990 g/mol. The molecule has 37 heteroatoms. The van der Waals surface area contributed by atoms with E-state index >= 15 is 0 Å². The van der Waals surface area contributed by atoms with Crippen molar-refractivity contribution in [2.24, 2.45) is 159 Å². The molecular formula is C104H144O37. The molecule has 20 fully saturated rings. The second-order valence-corrected chi connectivity index (χ2v) is 44.6. The molecule has 0 aromatic heterocycles. The van der Waals surface area contributed by atoms with Gasteiger partial charge in [-0.15, -0.1) is 0 Å². The lowest BCUT2D eigenvalue weighted by molar-refractivity contribution is -0.178. The van der Waals surface area contributed by atoms with Gasteiger partial charge in [0.1, 0.15) is 84.4 Å². The Morgan fingerprint density at radius 2 is 0.695 bits per heavy atom. The van der Waals surface area contributed by atoms with Gasteiger partial charge < -0.3 is 90.0 Å². The first-order valence-corrected chi connectivity index (χ1v) is 52.0. The molecular weight excluding hydrogens is 1840 g/mol. The van der Waals surface area contributed by atoms with Gasteiger partial charge in [0.2, 0.25) is 0 Å². The van der Waals surface area contributed by atoms with Crippen molar-refractivity contribution in [2.75, 3.05) is 20.3 Å². The standard InChI is InChI=1S/C24H34O8.C19H26O6.C18H26O6.C16H22O6.C15H20O6.C12H16O5/c1-5-23(3,4)22(28)29-12-15(25)30-18-14-11-13-16(20(26)31-19(13)18)17(14)21(27)32-24(6-2)9-7-8-10-24;1-3-9(2)17(20)24-15-11-8-12-14(19(22)25-16(12)15)13(11)18(21)23-10-6-4-5-7-10;1-6-8(2)15(19)22-13-10-7-9-11(16(20)23-14(9)13)12(10)17(21)24-18(3,4)5;1-4-7(3)14(17)21-12-8-6-9-11(16(19)22-13(9)12)10(8)15(18)20-5-2;1-4-6(2)13(16)20-11-7-5-8-10(9(7)14(17)19-3)15(18)21-12(8)11;1-3-5(2)11(13)16-9-7-4-6-8(15-7)10(9)17-12(6)14/h13-14,16-19H,5-12H2,1-4H3;9-16H,3-8H2,1-2H3;8-14H,6-7H2,1-5H3;7-13H,4-6H2,1-3H3;6-12H,4-5H2,1-3H3;5-10H,3-4H2,1-2H3. The Morgan fingerprint density at radius 3 is 1.04 bits per heavy atom. The van der Waals surface area contributed by atoms with Crippen LogP contribution in [0.15, 0.2) is 0 Å². The topological polar surface area (TPSA) is 483 Å². The van der Waals surface area contributed by atoms with Crippen LogP contribution in [0.1, 0.15) is 259 Å². The molecule has 0 amide bonds. The van der Waals surface area contributed by atoms with Crippen LogP contribution in [0.2, 0.25) is 0 Å². The first kappa shape index (κ1) is 106. The summed E-state index contributed by atoms with van der Waals surface area (Å²) in [5, 5.41) is 0. The SMILES string of the molecule is CCC(C)C(=O)OC1C2CC3C(=O)OC1C3O2.CCC(C)C(=O)OC1C2CC3C1OC(=O)C3C2C(=O)OC.CCC(C)C(=O)OC1C2CC3C1OC(=O)C3C2C(=O)OC(C)(C)C.CCC(C)C(=O)OC1C2CC3C1OC(=O)C3C2C(=O)OC1CCCC1.CCC1(OC(=O)C2C3CC4C(OC(=O)C42)C3OC(=O)COC(=O)C(C)(C)CC)CCCC1.CCOC(=O)C1C2CC3C(OC(=O)C31)C2OC(=O)C(C)CC. The fraction of sp³-hybridized carbons (Fsp3) is 0.827. The fourth-order valence-electron chi connectivity index (χ4n) is 26.3. The van der Waals surface area contributed by atoms with Gasteiger partial charge in [0, 0.05) is 59.2 Å². The summed E-state index contributed by atoms with van der Waals surface area (Å²) in [5.41, 5.74) is -1.76. The third kappa shape index (κ3) is 19.9.